The van der Waals surface area contributed by atoms with E-state index < -0.39 is 0 Å². The molecular weight excluding hydrogens is 222 g/mol. The van der Waals surface area contributed by atoms with Crippen molar-refractivity contribution in [3.8, 4) is 0 Å². The summed E-state index contributed by atoms with van der Waals surface area (Å²) in [4.78, 5) is 0. The average molecular weight is 251 g/mol. The summed E-state index contributed by atoms with van der Waals surface area (Å²) in [5.74, 6) is 0.794. The highest BCUT2D eigenvalue weighted by molar-refractivity contribution is 5.05. The highest BCUT2D eigenvalue weighted by Gasteiger charge is 2.18. The second-order valence-corrected chi connectivity index (χ2v) is 6.10. The summed E-state index contributed by atoms with van der Waals surface area (Å²) in [7, 11) is 0. The maximum Gasteiger partial charge on any atom is 0.0667 e. The zero-order chi connectivity index (χ0) is 12.6. The van der Waals surface area contributed by atoms with E-state index >= 15 is 0 Å². The van der Waals surface area contributed by atoms with Crippen molar-refractivity contribution in [1.82, 2.24) is 5.32 Å². The molecule has 18 heavy (non-hydrogen) atoms. The maximum absolute atomic E-state index is 9.97. The van der Waals surface area contributed by atoms with Crippen molar-refractivity contribution in [3.63, 3.8) is 0 Å². The SMILES string of the molecule is OC(CNCCC1=CCCCC1)CC1CCCC1. The van der Waals surface area contributed by atoms with E-state index in [9.17, 15) is 5.11 Å². The summed E-state index contributed by atoms with van der Waals surface area (Å²) in [6.45, 7) is 1.82. The van der Waals surface area contributed by atoms with Gasteiger partial charge in [0.25, 0.3) is 0 Å². The molecule has 0 aromatic heterocycles. The van der Waals surface area contributed by atoms with Crippen LogP contribution in [0.4, 0.5) is 0 Å². The van der Waals surface area contributed by atoms with Crippen LogP contribution < -0.4 is 5.32 Å². The molecular formula is C16H29NO. The van der Waals surface area contributed by atoms with Gasteiger partial charge in [0.1, 0.15) is 0 Å². The van der Waals surface area contributed by atoms with Gasteiger partial charge in [-0.25, -0.2) is 0 Å². The van der Waals surface area contributed by atoms with Gasteiger partial charge in [-0.05, 0) is 51.0 Å². The lowest BCUT2D eigenvalue weighted by atomic mass is 9.97. The van der Waals surface area contributed by atoms with E-state index in [0.29, 0.717) is 0 Å². The standard InChI is InChI=1S/C16H29NO/c18-16(12-15-8-4-5-9-15)13-17-11-10-14-6-2-1-3-7-14/h6,15-18H,1-5,7-13H2. The first kappa shape index (κ1) is 14.1. The van der Waals surface area contributed by atoms with E-state index in [0.717, 1.165) is 25.4 Å². The van der Waals surface area contributed by atoms with Crippen molar-refractivity contribution in [2.45, 2.75) is 70.3 Å². The van der Waals surface area contributed by atoms with E-state index in [1.165, 1.54) is 57.8 Å². The smallest absolute Gasteiger partial charge is 0.0667 e. The fraction of sp³-hybridized carbons (Fsp3) is 0.875. The summed E-state index contributed by atoms with van der Waals surface area (Å²) >= 11 is 0. The van der Waals surface area contributed by atoms with Crippen molar-refractivity contribution in [3.05, 3.63) is 11.6 Å². The average Bonchev–Trinajstić information content (AvgIpc) is 2.89. The van der Waals surface area contributed by atoms with Crippen LogP contribution in [0.15, 0.2) is 11.6 Å². The predicted molar refractivity (Wildman–Crippen MR) is 76.6 cm³/mol. The summed E-state index contributed by atoms with van der Waals surface area (Å²) in [6.07, 6.45) is 15.2. The van der Waals surface area contributed by atoms with Crippen molar-refractivity contribution >= 4 is 0 Å². The molecule has 0 aliphatic heterocycles. The van der Waals surface area contributed by atoms with E-state index in [1.807, 2.05) is 0 Å². The van der Waals surface area contributed by atoms with E-state index in [4.69, 9.17) is 0 Å². The van der Waals surface area contributed by atoms with Gasteiger partial charge in [0.05, 0.1) is 6.10 Å². The number of aliphatic hydroxyl groups is 1. The molecule has 2 aliphatic carbocycles. The molecule has 1 saturated carbocycles. The summed E-state index contributed by atoms with van der Waals surface area (Å²) in [6, 6.07) is 0. The Balaban J connectivity index is 1.50. The lowest BCUT2D eigenvalue weighted by Gasteiger charge is -2.17. The summed E-state index contributed by atoms with van der Waals surface area (Å²) in [5, 5.41) is 13.4. The Labute approximate surface area is 112 Å². The Morgan fingerprint density at radius 2 is 2.06 bits per heavy atom. The predicted octanol–water partition coefficient (Wildman–Crippen LogP) is 3.41. The Morgan fingerprint density at radius 3 is 2.78 bits per heavy atom. The van der Waals surface area contributed by atoms with Crippen LogP contribution >= 0.6 is 0 Å². The second kappa shape index (κ2) is 7.96. The van der Waals surface area contributed by atoms with Gasteiger partial charge in [-0.2, -0.15) is 0 Å². The Morgan fingerprint density at radius 1 is 1.22 bits per heavy atom. The van der Waals surface area contributed by atoms with E-state index in [1.54, 1.807) is 5.57 Å². The largest absolute Gasteiger partial charge is 0.392 e. The van der Waals surface area contributed by atoms with Crippen LogP contribution in [0.3, 0.4) is 0 Å². The third kappa shape index (κ3) is 5.11. The molecule has 0 aromatic rings. The van der Waals surface area contributed by atoms with Gasteiger partial charge in [0.15, 0.2) is 0 Å². The van der Waals surface area contributed by atoms with Gasteiger partial charge in [-0.1, -0.05) is 37.3 Å². The minimum atomic E-state index is -0.131. The van der Waals surface area contributed by atoms with Gasteiger partial charge in [0, 0.05) is 6.54 Å². The fourth-order valence-corrected chi connectivity index (χ4v) is 3.36. The minimum Gasteiger partial charge on any atom is -0.392 e. The Kier molecular flexibility index (Phi) is 6.22. The first-order valence-corrected chi connectivity index (χ1v) is 7.91. The van der Waals surface area contributed by atoms with Crippen LogP contribution in [-0.4, -0.2) is 24.3 Å². The molecule has 0 amide bonds. The topological polar surface area (TPSA) is 32.3 Å². The first-order valence-electron chi connectivity index (χ1n) is 7.91. The number of allylic oxidation sites excluding steroid dienone is 1. The molecule has 1 unspecified atom stereocenters. The number of nitrogens with one attached hydrogen (secondary N) is 1. The molecule has 0 aromatic carbocycles. The Hall–Kier alpha value is -0.340. The molecule has 2 N–H and O–H groups in total. The van der Waals surface area contributed by atoms with Crippen molar-refractivity contribution in [2.75, 3.05) is 13.1 Å². The van der Waals surface area contributed by atoms with Crippen molar-refractivity contribution < 1.29 is 5.11 Å². The lowest BCUT2D eigenvalue weighted by molar-refractivity contribution is 0.141. The number of hydrogen-bond acceptors (Lipinski definition) is 2. The molecule has 2 rings (SSSR count). The monoisotopic (exact) mass is 251 g/mol. The third-order valence-electron chi connectivity index (χ3n) is 4.47. The number of aliphatic hydroxyl groups excluding tert-OH is 1. The molecule has 2 heteroatoms. The van der Waals surface area contributed by atoms with Crippen LogP contribution in [0, 0.1) is 5.92 Å². The molecule has 2 aliphatic rings. The fourth-order valence-electron chi connectivity index (χ4n) is 3.36. The molecule has 0 radical (unpaired) electrons. The van der Waals surface area contributed by atoms with E-state index in [-0.39, 0.29) is 6.10 Å². The van der Waals surface area contributed by atoms with Gasteiger partial charge in [-0.3, -0.25) is 0 Å². The second-order valence-electron chi connectivity index (χ2n) is 6.10. The van der Waals surface area contributed by atoms with Gasteiger partial charge < -0.3 is 10.4 Å². The van der Waals surface area contributed by atoms with E-state index in [2.05, 4.69) is 11.4 Å². The zero-order valence-electron chi connectivity index (χ0n) is 11.7. The molecule has 0 bridgehead atoms. The highest BCUT2D eigenvalue weighted by atomic mass is 16.3. The van der Waals surface area contributed by atoms with Crippen molar-refractivity contribution in [2.24, 2.45) is 5.92 Å². The normalized spacial score (nSPS) is 23.1. The van der Waals surface area contributed by atoms with Crippen LogP contribution in [0.2, 0.25) is 0 Å². The lowest BCUT2D eigenvalue weighted by Crippen LogP contribution is -2.29. The molecule has 0 heterocycles. The summed E-state index contributed by atoms with van der Waals surface area (Å²) in [5.41, 5.74) is 1.62. The molecule has 0 saturated heterocycles. The van der Waals surface area contributed by atoms with Crippen molar-refractivity contribution in [1.29, 1.82) is 0 Å². The van der Waals surface area contributed by atoms with Gasteiger partial charge >= 0.3 is 0 Å². The molecule has 104 valence electrons. The molecule has 1 atom stereocenters. The highest BCUT2D eigenvalue weighted by Crippen LogP contribution is 2.28. The van der Waals surface area contributed by atoms with Crippen LogP contribution in [0.1, 0.15) is 64.2 Å². The van der Waals surface area contributed by atoms with Crippen LogP contribution in [0.5, 0.6) is 0 Å². The van der Waals surface area contributed by atoms with Crippen LogP contribution in [-0.2, 0) is 0 Å². The number of rotatable bonds is 7. The first-order chi connectivity index (χ1) is 8.84. The zero-order valence-corrected chi connectivity index (χ0v) is 11.7. The molecule has 0 spiro atoms. The third-order valence-corrected chi connectivity index (χ3v) is 4.47. The molecule has 1 fully saturated rings. The summed E-state index contributed by atoms with van der Waals surface area (Å²) < 4.78 is 0. The van der Waals surface area contributed by atoms with Gasteiger partial charge in [0.2, 0.25) is 0 Å². The van der Waals surface area contributed by atoms with Crippen LogP contribution in [0.25, 0.3) is 0 Å². The number of hydrogen-bond donors (Lipinski definition) is 2. The minimum absolute atomic E-state index is 0.131. The Bertz CT molecular complexity index is 256. The van der Waals surface area contributed by atoms with Gasteiger partial charge in [-0.15, -0.1) is 0 Å². The maximum atomic E-state index is 9.97. The quantitative estimate of drug-likeness (QED) is 0.537. The molecule has 2 nitrogen and oxygen atoms in total.